The van der Waals surface area contributed by atoms with Crippen LogP contribution in [0.15, 0.2) is 0 Å². The molecule has 0 saturated carbocycles. The standard InChI is InChI=1S/C6H15ClOSi/c1-4-5-8-6(7)9(2)3/h6,9H,4-5H2,1-3H3. The van der Waals surface area contributed by atoms with Gasteiger partial charge in [0.2, 0.25) is 0 Å². The van der Waals surface area contributed by atoms with Crippen molar-refractivity contribution in [3.63, 3.8) is 0 Å². The van der Waals surface area contributed by atoms with E-state index in [1.807, 2.05) is 0 Å². The summed E-state index contributed by atoms with van der Waals surface area (Å²) < 4.78 is 5.28. The fraction of sp³-hybridized carbons (Fsp3) is 1.00. The van der Waals surface area contributed by atoms with Gasteiger partial charge in [-0.2, -0.15) is 0 Å². The van der Waals surface area contributed by atoms with Gasteiger partial charge in [0.05, 0.1) is 8.80 Å². The zero-order valence-electron chi connectivity index (χ0n) is 6.36. The van der Waals surface area contributed by atoms with Gasteiger partial charge in [0.25, 0.3) is 0 Å². The molecule has 0 aliphatic heterocycles. The lowest BCUT2D eigenvalue weighted by Gasteiger charge is -2.11. The molecule has 0 spiro atoms. The van der Waals surface area contributed by atoms with Gasteiger partial charge < -0.3 is 4.74 Å². The van der Waals surface area contributed by atoms with Gasteiger partial charge in [0, 0.05) is 6.61 Å². The van der Waals surface area contributed by atoms with Crippen molar-refractivity contribution in [2.24, 2.45) is 0 Å². The van der Waals surface area contributed by atoms with E-state index in [1.165, 1.54) is 0 Å². The molecule has 0 fully saturated rings. The van der Waals surface area contributed by atoms with Crippen LogP contribution in [0.25, 0.3) is 0 Å². The van der Waals surface area contributed by atoms with Crippen LogP contribution in [0.4, 0.5) is 0 Å². The molecule has 0 saturated heterocycles. The van der Waals surface area contributed by atoms with Gasteiger partial charge in [0.1, 0.15) is 5.19 Å². The minimum atomic E-state index is -0.753. The molecule has 0 N–H and O–H groups in total. The summed E-state index contributed by atoms with van der Waals surface area (Å²) in [6.07, 6.45) is 1.06. The minimum absolute atomic E-state index is 0.0324. The highest BCUT2D eigenvalue weighted by Crippen LogP contribution is 2.03. The molecule has 0 radical (unpaired) electrons. The number of hydrogen-bond acceptors (Lipinski definition) is 1. The first-order valence-corrected chi connectivity index (χ1v) is 6.85. The van der Waals surface area contributed by atoms with Gasteiger partial charge in [-0.3, -0.25) is 0 Å². The maximum atomic E-state index is 5.83. The number of hydrogen-bond donors (Lipinski definition) is 0. The molecule has 0 bridgehead atoms. The van der Waals surface area contributed by atoms with E-state index in [2.05, 4.69) is 20.0 Å². The van der Waals surface area contributed by atoms with Crippen molar-refractivity contribution in [3.05, 3.63) is 0 Å². The molecular formula is C6H15ClOSi. The number of alkyl halides is 1. The van der Waals surface area contributed by atoms with Crippen LogP contribution < -0.4 is 0 Å². The predicted molar refractivity (Wildman–Crippen MR) is 44.8 cm³/mol. The third-order valence-electron chi connectivity index (χ3n) is 1.01. The molecule has 0 aromatic rings. The summed E-state index contributed by atoms with van der Waals surface area (Å²) in [4.78, 5) is 0. The van der Waals surface area contributed by atoms with Gasteiger partial charge in [-0.25, -0.2) is 0 Å². The van der Waals surface area contributed by atoms with Crippen LogP contribution in [0.2, 0.25) is 13.1 Å². The average Bonchev–Trinajstić information content (AvgIpc) is 1.82. The van der Waals surface area contributed by atoms with Gasteiger partial charge in [-0.15, -0.1) is 0 Å². The van der Waals surface area contributed by atoms with Crippen LogP contribution in [-0.2, 0) is 4.74 Å². The Kier molecular flexibility index (Phi) is 5.54. The maximum absolute atomic E-state index is 5.83. The molecule has 9 heavy (non-hydrogen) atoms. The van der Waals surface area contributed by atoms with Crippen molar-refractivity contribution >= 4 is 20.4 Å². The maximum Gasteiger partial charge on any atom is 0.115 e. The van der Waals surface area contributed by atoms with Crippen LogP contribution in [0.5, 0.6) is 0 Å². The Morgan fingerprint density at radius 1 is 1.56 bits per heavy atom. The van der Waals surface area contributed by atoms with Gasteiger partial charge >= 0.3 is 0 Å². The van der Waals surface area contributed by atoms with Crippen molar-refractivity contribution in [2.75, 3.05) is 6.61 Å². The zero-order valence-corrected chi connectivity index (χ0v) is 8.27. The molecule has 1 unspecified atom stereocenters. The van der Waals surface area contributed by atoms with E-state index in [1.54, 1.807) is 0 Å². The van der Waals surface area contributed by atoms with Crippen molar-refractivity contribution < 1.29 is 4.74 Å². The van der Waals surface area contributed by atoms with E-state index in [4.69, 9.17) is 16.3 Å². The van der Waals surface area contributed by atoms with E-state index < -0.39 is 8.80 Å². The van der Waals surface area contributed by atoms with E-state index in [9.17, 15) is 0 Å². The fourth-order valence-electron chi connectivity index (χ4n) is 0.423. The quantitative estimate of drug-likeness (QED) is 0.459. The first-order chi connectivity index (χ1) is 4.18. The SMILES string of the molecule is CCCOC(Cl)[SiH](C)C. The summed E-state index contributed by atoms with van der Waals surface area (Å²) in [5.74, 6) is 0. The second kappa shape index (κ2) is 5.27. The summed E-state index contributed by atoms with van der Waals surface area (Å²) in [5.41, 5.74) is 0. The molecule has 0 heterocycles. The molecule has 3 heteroatoms. The Bertz CT molecular complexity index is 68.1. The third kappa shape index (κ3) is 4.94. The lowest BCUT2D eigenvalue weighted by atomic mass is 10.5. The number of ether oxygens (including phenoxy) is 1. The lowest BCUT2D eigenvalue weighted by molar-refractivity contribution is 0.151. The highest BCUT2D eigenvalue weighted by Gasteiger charge is 2.09. The molecule has 0 rings (SSSR count). The van der Waals surface area contributed by atoms with Crippen molar-refractivity contribution in [1.82, 2.24) is 0 Å². The third-order valence-corrected chi connectivity index (χ3v) is 3.88. The normalized spacial score (nSPS) is 14.3. The van der Waals surface area contributed by atoms with Gasteiger partial charge in [0.15, 0.2) is 0 Å². The Balaban J connectivity index is 3.16. The second-order valence-electron chi connectivity index (χ2n) is 2.47. The monoisotopic (exact) mass is 166 g/mol. The molecule has 0 aromatic heterocycles. The van der Waals surface area contributed by atoms with Crippen LogP contribution >= 0.6 is 11.6 Å². The molecule has 0 aliphatic carbocycles. The minimum Gasteiger partial charge on any atom is -0.367 e. The van der Waals surface area contributed by atoms with E-state index >= 15 is 0 Å². The van der Waals surface area contributed by atoms with Gasteiger partial charge in [-0.05, 0) is 6.42 Å². The molecule has 0 aromatic carbocycles. The topological polar surface area (TPSA) is 9.23 Å². The lowest BCUT2D eigenvalue weighted by Crippen LogP contribution is -2.21. The van der Waals surface area contributed by atoms with E-state index in [0.29, 0.717) is 0 Å². The first-order valence-electron chi connectivity index (χ1n) is 3.44. The van der Waals surface area contributed by atoms with Gasteiger partial charge in [-0.1, -0.05) is 31.6 Å². The first kappa shape index (κ1) is 9.47. The summed E-state index contributed by atoms with van der Waals surface area (Å²) in [6.45, 7) is 7.27. The van der Waals surface area contributed by atoms with Crippen LogP contribution in [-0.4, -0.2) is 20.6 Å². The summed E-state index contributed by atoms with van der Waals surface area (Å²) >= 11 is 5.83. The highest BCUT2D eigenvalue weighted by molar-refractivity contribution is 6.66. The van der Waals surface area contributed by atoms with E-state index in [0.717, 1.165) is 13.0 Å². The molecule has 0 aliphatic rings. The predicted octanol–water partition coefficient (Wildman–Crippen LogP) is 2.00. The molecule has 1 atom stereocenters. The summed E-state index contributed by atoms with van der Waals surface area (Å²) in [5, 5.41) is 0.0324. The van der Waals surface area contributed by atoms with Crippen molar-refractivity contribution in [2.45, 2.75) is 31.6 Å². The highest BCUT2D eigenvalue weighted by atomic mass is 35.5. The van der Waals surface area contributed by atoms with Crippen molar-refractivity contribution in [1.29, 1.82) is 0 Å². The van der Waals surface area contributed by atoms with Crippen molar-refractivity contribution in [3.8, 4) is 0 Å². The van der Waals surface area contributed by atoms with Crippen LogP contribution in [0.1, 0.15) is 13.3 Å². The molecule has 56 valence electrons. The summed E-state index contributed by atoms with van der Waals surface area (Å²) in [7, 11) is -0.753. The number of halogens is 1. The fourth-order valence-corrected chi connectivity index (χ4v) is 1.03. The van der Waals surface area contributed by atoms with Crippen LogP contribution in [0.3, 0.4) is 0 Å². The van der Waals surface area contributed by atoms with E-state index in [-0.39, 0.29) is 5.19 Å². The molecule has 1 nitrogen and oxygen atoms in total. The molecule has 0 amide bonds. The Morgan fingerprint density at radius 3 is 2.44 bits per heavy atom. The number of rotatable bonds is 4. The smallest absolute Gasteiger partial charge is 0.115 e. The zero-order chi connectivity index (χ0) is 7.28. The average molecular weight is 167 g/mol. The summed E-state index contributed by atoms with van der Waals surface area (Å²) in [6, 6.07) is 0. The Morgan fingerprint density at radius 2 is 2.11 bits per heavy atom. The molecular weight excluding hydrogens is 152 g/mol. The largest absolute Gasteiger partial charge is 0.367 e. The Labute approximate surface area is 64.0 Å². The van der Waals surface area contributed by atoms with Crippen LogP contribution in [0, 0.1) is 0 Å². The Hall–Kier alpha value is 0.467. The second-order valence-corrected chi connectivity index (χ2v) is 6.41.